The minimum atomic E-state index is -0.456. The quantitative estimate of drug-likeness (QED) is 0.898. The highest BCUT2D eigenvalue weighted by molar-refractivity contribution is 5.80. The van der Waals surface area contributed by atoms with Crippen molar-refractivity contribution in [2.45, 2.75) is 12.6 Å². The summed E-state index contributed by atoms with van der Waals surface area (Å²) in [5.41, 5.74) is 0.846. The normalized spacial score (nSPS) is 17.9. The summed E-state index contributed by atoms with van der Waals surface area (Å²) in [5.74, 6) is 0.101. The Hall–Kier alpha value is -2.51. The predicted octanol–water partition coefficient (Wildman–Crippen LogP) is 1.96. The highest BCUT2D eigenvalue weighted by Crippen LogP contribution is 2.23. The second-order valence-corrected chi connectivity index (χ2v) is 5.73. The zero-order chi connectivity index (χ0) is 17.6. The molecule has 1 fully saturated rings. The summed E-state index contributed by atoms with van der Waals surface area (Å²) < 4.78 is 24.6. The van der Waals surface area contributed by atoms with E-state index in [1.807, 2.05) is 6.07 Å². The van der Waals surface area contributed by atoms with Gasteiger partial charge in [-0.05, 0) is 24.3 Å². The molecule has 0 unspecified atom stereocenters. The fourth-order valence-electron chi connectivity index (χ4n) is 2.61. The Labute approximate surface area is 145 Å². The zero-order valence-electron chi connectivity index (χ0n) is 13.9. The summed E-state index contributed by atoms with van der Waals surface area (Å²) in [7, 11) is 1.60. The number of likely N-dealkylation sites (N-methyl/N-ethyl adjacent to an activating group) is 1. The smallest absolute Gasteiger partial charge is 0.250 e. The van der Waals surface area contributed by atoms with Crippen molar-refractivity contribution < 1.29 is 18.7 Å². The Morgan fingerprint density at radius 2 is 2.24 bits per heavy atom. The second kappa shape index (κ2) is 8.04. The number of pyridine rings is 1. The molecule has 1 amide bonds. The third-order valence-corrected chi connectivity index (χ3v) is 3.94. The third kappa shape index (κ3) is 4.52. The highest BCUT2D eigenvalue weighted by atomic mass is 19.1. The van der Waals surface area contributed by atoms with E-state index in [0.29, 0.717) is 25.4 Å². The average Bonchev–Trinajstić information content (AvgIpc) is 2.65. The average molecular weight is 345 g/mol. The fourth-order valence-corrected chi connectivity index (χ4v) is 2.61. The number of benzene rings is 1. The molecule has 1 aromatic carbocycles. The SMILES string of the molecule is CNC(=O)[C@@H]1CN(Cc2ccc(Oc3ccccc3F)cn2)CCO1. The molecule has 3 rings (SSSR count). The van der Waals surface area contributed by atoms with Crippen molar-refractivity contribution in [2.24, 2.45) is 0 Å². The number of hydrogen-bond donors (Lipinski definition) is 1. The van der Waals surface area contributed by atoms with Crippen LogP contribution in [0.4, 0.5) is 4.39 Å². The minimum Gasteiger partial charge on any atom is -0.453 e. The van der Waals surface area contributed by atoms with Crippen LogP contribution in [0.5, 0.6) is 11.5 Å². The van der Waals surface area contributed by atoms with Crippen LogP contribution in [0.25, 0.3) is 0 Å². The van der Waals surface area contributed by atoms with E-state index in [0.717, 1.165) is 12.2 Å². The molecule has 2 aromatic rings. The van der Waals surface area contributed by atoms with Crippen molar-refractivity contribution in [1.82, 2.24) is 15.2 Å². The van der Waals surface area contributed by atoms with Crippen LogP contribution >= 0.6 is 0 Å². The maximum absolute atomic E-state index is 13.6. The van der Waals surface area contributed by atoms with Gasteiger partial charge in [0.15, 0.2) is 11.6 Å². The molecule has 1 aliphatic heterocycles. The van der Waals surface area contributed by atoms with Crippen molar-refractivity contribution in [2.75, 3.05) is 26.7 Å². The van der Waals surface area contributed by atoms with Crippen molar-refractivity contribution >= 4 is 5.91 Å². The van der Waals surface area contributed by atoms with E-state index in [1.165, 1.54) is 6.07 Å². The maximum Gasteiger partial charge on any atom is 0.250 e. The van der Waals surface area contributed by atoms with Crippen LogP contribution in [0.2, 0.25) is 0 Å². The number of nitrogens with one attached hydrogen (secondary N) is 1. The highest BCUT2D eigenvalue weighted by Gasteiger charge is 2.25. The maximum atomic E-state index is 13.6. The number of carbonyl (C=O) groups excluding carboxylic acids is 1. The van der Waals surface area contributed by atoms with Crippen LogP contribution in [-0.2, 0) is 16.1 Å². The molecule has 1 aromatic heterocycles. The lowest BCUT2D eigenvalue weighted by atomic mass is 10.2. The number of halogens is 1. The summed E-state index contributed by atoms with van der Waals surface area (Å²) >= 11 is 0. The predicted molar refractivity (Wildman–Crippen MR) is 89.8 cm³/mol. The number of carbonyl (C=O) groups is 1. The number of aromatic nitrogens is 1. The number of para-hydroxylation sites is 1. The molecule has 25 heavy (non-hydrogen) atoms. The van der Waals surface area contributed by atoms with Crippen LogP contribution in [0, 0.1) is 5.82 Å². The molecular formula is C18H20FN3O3. The Kier molecular flexibility index (Phi) is 5.57. The summed E-state index contributed by atoms with van der Waals surface area (Å²) in [6.07, 6.45) is 1.11. The summed E-state index contributed by atoms with van der Waals surface area (Å²) in [6, 6.07) is 9.82. The van der Waals surface area contributed by atoms with Crippen molar-refractivity contribution in [3.05, 3.63) is 54.1 Å². The van der Waals surface area contributed by atoms with E-state index in [9.17, 15) is 9.18 Å². The first-order chi connectivity index (χ1) is 12.2. The van der Waals surface area contributed by atoms with Crippen LogP contribution in [0.1, 0.15) is 5.69 Å². The first kappa shape index (κ1) is 17.3. The molecule has 0 saturated carbocycles. The van der Waals surface area contributed by atoms with Crippen molar-refractivity contribution in [3.63, 3.8) is 0 Å². The molecular weight excluding hydrogens is 325 g/mol. The lowest BCUT2D eigenvalue weighted by Gasteiger charge is -2.31. The van der Waals surface area contributed by atoms with E-state index in [2.05, 4.69) is 15.2 Å². The van der Waals surface area contributed by atoms with Gasteiger partial charge in [-0.1, -0.05) is 12.1 Å². The number of morpholine rings is 1. The second-order valence-electron chi connectivity index (χ2n) is 5.73. The molecule has 7 heteroatoms. The monoisotopic (exact) mass is 345 g/mol. The largest absolute Gasteiger partial charge is 0.453 e. The van der Waals surface area contributed by atoms with Gasteiger partial charge in [-0.3, -0.25) is 14.7 Å². The van der Waals surface area contributed by atoms with E-state index in [1.54, 1.807) is 37.5 Å². The Balaban J connectivity index is 1.59. The van der Waals surface area contributed by atoms with Crippen LogP contribution < -0.4 is 10.1 Å². The Bertz CT molecular complexity index is 724. The Morgan fingerprint density at radius 3 is 2.96 bits per heavy atom. The lowest BCUT2D eigenvalue weighted by molar-refractivity contribution is -0.138. The van der Waals surface area contributed by atoms with Crippen molar-refractivity contribution in [1.29, 1.82) is 0 Å². The minimum absolute atomic E-state index is 0.119. The first-order valence-electron chi connectivity index (χ1n) is 8.08. The molecule has 0 bridgehead atoms. The summed E-state index contributed by atoms with van der Waals surface area (Å²) in [5, 5.41) is 2.60. The number of hydrogen-bond acceptors (Lipinski definition) is 5. The van der Waals surface area contributed by atoms with Gasteiger partial charge in [0.1, 0.15) is 11.9 Å². The number of ether oxygens (including phenoxy) is 2. The van der Waals surface area contributed by atoms with Crippen LogP contribution in [0.3, 0.4) is 0 Å². The van der Waals surface area contributed by atoms with E-state index >= 15 is 0 Å². The number of amides is 1. The standard InChI is InChI=1S/C18H20FN3O3/c1-20-18(23)17-12-22(8-9-24-17)11-13-6-7-14(10-21-13)25-16-5-3-2-4-15(16)19/h2-7,10,17H,8-9,11-12H2,1H3,(H,20,23)/t17-/m0/s1. The van der Waals surface area contributed by atoms with Crippen LogP contribution in [-0.4, -0.2) is 48.6 Å². The topological polar surface area (TPSA) is 63.7 Å². The van der Waals surface area contributed by atoms with Gasteiger partial charge in [0.05, 0.1) is 18.5 Å². The van der Waals surface area contributed by atoms with Gasteiger partial charge in [-0.2, -0.15) is 0 Å². The summed E-state index contributed by atoms with van der Waals surface area (Å²) in [6.45, 7) is 2.38. The summed E-state index contributed by atoms with van der Waals surface area (Å²) in [4.78, 5) is 18.2. The van der Waals surface area contributed by atoms with Gasteiger partial charge < -0.3 is 14.8 Å². The van der Waals surface area contributed by atoms with Gasteiger partial charge in [-0.25, -0.2) is 4.39 Å². The van der Waals surface area contributed by atoms with Crippen LogP contribution in [0.15, 0.2) is 42.6 Å². The van der Waals surface area contributed by atoms with E-state index < -0.39 is 11.9 Å². The van der Waals surface area contributed by atoms with Gasteiger partial charge in [0.2, 0.25) is 5.91 Å². The van der Waals surface area contributed by atoms with E-state index in [4.69, 9.17) is 9.47 Å². The zero-order valence-corrected chi connectivity index (χ0v) is 13.9. The first-order valence-corrected chi connectivity index (χ1v) is 8.08. The number of rotatable bonds is 5. The molecule has 0 radical (unpaired) electrons. The van der Waals surface area contributed by atoms with Gasteiger partial charge in [0, 0.05) is 26.7 Å². The third-order valence-electron chi connectivity index (χ3n) is 3.94. The van der Waals surface area contributed by atoms with Gasteiger partial charge in [-0.15, -0.1) is 0 Å². The molecule has 2 heterocycles. The molecule has 6 nitrogen and oxygen atoms in total. The van der Waals surface area contributed by atoms with E-state index in [-0.39, 0.29) is 11.7 Å². The molecule has 1 saturated heterocycles. The molecule has 1 aliphatic rings. The lowest BCUT2D eigenvalue weighted by Crippen LogP contribution is -2.48. The van der Waals surface area contributed by atoms with Gasteiger partial charge in [0.25, 0.3) is 0 Å². The van der Waals surface area contributed by atoms with Crippen molar-refractivity contribution in [3.8, 4) is 11.5 Å². The fraction of sp³-hybridized carbons (Fsp3) is 0.333. The molecule has 0 aliphatic carbocycles. The molecule has 1 atom stereocenters. The molecule has 132 valence electrons. The Morgan fingerprint density at radius 1 is 1.40 bits per heavy atom. The molecule has 0 spiro atoms. The number of nitrogens with zero attached hydrogens (tertiary/aromatic N) is 2. The van der Waals surface area contributed by atoms with Gasteiger partial charge >= 0.3 is 0 Å². The molecule has 1 N–H and O–H groups in total.